The lowest BCUT2D eigenvalue weighted by atomic mass is 10.2. The Morgan fingerprint density at radius 2 is 1.83 bits per heavy atom. The van der Waals surface area contributed by atoms with Crippen LogP contribution in [-0.4, -0.2) is 47.2 Å². The largest absolute Gasteiger partial charge is 0.465 e. The van der Waals surface area contributed by atoms with Gasteiger partial charge in [-0.2, -0.15) is 0 Å². The van der Waals surface area contributed by atoms with Crippen molar-refractivity contribution < 1.29 is 18.7 Å². The molecule has 1 aromatic rings. The Labute approximate surface area is 103 Å². The first-order valence-electron chi connectivity index (χ1n) is 5.70. The predicted octanol–water partition coefficient (Wildman–Crippen LogP) is 1.76. The maximum atomic E-state index is 13.0. The van der Waals surface area contributed by atoms with Crippen molar-refractivity contribution in [2.24, 2.45) is 0 Å². The second-order valence-corrected chi connectivity index (χ2v) is 4.29. The van der Waals surface area contributed by atoms with Crippen molar-refractivity contribution in [3.63, 3.8) is 0 Å². The number of amides is 1. The van der Waals surface area contributed by atoms with Crippen LogP contribution in [0.4, 0.5) is 13.6 Å². The number of rotatable bonds is 2. The molecule has 1 amide bonds. The number of piperazine rings is 1. The first kappa shape index (κ1) is 12.8. The summed E-state index contributed by atoms with van der Waals surface area (Å²) in [6, 6.07) is 3.83. The van der Waals surface area contributed by atoms with Crippen molar-refractivity contribution in [2.75, 3.05) is 26.2 Å². The van der Waals surface area contributed by atoms with Gasteiger partial charge in [-0.3, -0.25) is 4.90 Å². The second-order valence-electron chi connectivity index (χ2n) is 4.29. The summed E-state index contributed by atoms with van der Waals surface area (Å²) >= 11 is 0. The summed E-state index contributed by atoms with van der Waals surface area (Å²) in [5.41, 5.74) is 0.692. The molecule has 0 spiro atoms. The predicted molar refractivity (Wildman–Crippen MR) is 61.2 cm³/mol. The van der Waals surface area contributed by atoms with Crippen LogP contribution in [0.3, 0.4) is 0 Å². The fraction of sp³-hybridized carbons (Fsp3) is 0.417. The number of hydrogen-bond donors (Lipinski definition) is 1. The van der Waals surface area contributed by atoms with Gasteiger partial charge in [-0.1, -0.05) is 6.07 Å². The molecule has 1 aliphatic rings. The number of hydrogen-bond acceptors (Lipinski definition) is 2. The smallest absolute Gasteiger partial charge is 0.407 e. The third-order valence-electron chi connectivity index (χ3n) is 3.03. The fourth-order valence-electron chi connectivity index (χ4n) is 1.99. The van der Waals surface area contributed by atoms with Gasteiger partial charge >= 0.3 is 6.09 Å². The minimum Gasteiger partial charge on any atom is -0.465 e. The Balaban J connectivity index is 1.91. The monoisotopic (exact) mass is 256 g/mol. The van der Waals surface area contributed by atoms with E-state index >= 15 is 0 Å². The molecule has 1 aromatic carbocycles. The summed E-state index contributed by atoms with van der Waals surface area (Å²) in [6.07, 6.45) is -0.914. The van der Waals surface area contributed by atoms with Gasteiger partial charge < -0.3 is 10.0 Å². The summed E-state index contributed by atoms with van der Waals surface area (Å²) in [4.78, 5) is 14.1. The number of nitrogens with zero attached hydrogens (tertiary/aromatic N) is 2. The summed E-state index contributed by atoms with van der Waals surface area (Å²) in [5.74, 6) is -1.70. The van der Waals surface area contributed by atoms with Gasteiger partial charge in [0.05, 0.1) is 0 Å². The van der Waals surface area contributed by atoms with E-state index in [-0.39, 0.29) is 0 Å². The van der Waals surface area contributed by atoms with Crippen LogP contribution >= 0.6 is 0 Å². The summed E-state index contributed by atoms with van der Waals surface area (Å²) in [6.45, 7) is 2.60. The Hall–Kier alpha value is -1.69. The van der Waals surface area contributed by atoms with Gasteiger partial charge in [-0.15, -0.1) is 0 Å². The fourth-order valence-corrected chi connectivity index (χ4v) is 1.99. The van der Waals surface area contributed by atoms with Gasteiger partial charge in [0.1, 0.15) is 0 Å². The highest BCUT2D eigenvalue weighted by atomic mass is 19.2. The van der Waals surface area contributed by atoms with E-state index in [4.69, 9.17) is 5.11 Å². The average molecular weight is 256 g/mol. The molecule has 0 saturated carbocycles. The van der Waals surface area contributed by atoms with Crippen molar-refractivity contribution in [3.8, 4) is 0 Å². The maximum Gasteiger partial charge on any atom is 0.407 e. The number of carbonyl (C=O) groups is 1. The van der Waals surface area contributed by atoms with Crippen molar-refractivity contribution >= 4 is 6.09 Å². The van der Waals surface area contributed by atoms with Gasteiger partial charge in [0.15, 0.2) is 11.6 Å². The van der Waals surface area contributed by atoms with Crippen LogP contribution < -0.4 is 0 Å². The van der Waals surface area contributed by atoms with Crippen LogP contribution in [0.15, 0.2) is 18.2 Å². The maximum absolute atomic E-state index is 13.0. The van der Waals surface area contributed by atoms with Gasteiger partial charge in [0.25, 0.3) is 0 Å². The highest BCUT2D eigenvalue weighted by Gasteiger charge is 2.20. The summed E-state index contributed by atoms with van der Waals surface area (Å²) in [7, 11) is 0. The molecule has 4 nitrogen and oxygen atoms in total. The average Bonchev–Trinajstić information content (AvgIpc) is 2.34. The molecular formula is C12H14F2N2O2. The molecule has 0 bridgehead atoms. The zero-order valence-electron chi connectivity index (χ0n) is 9.77. The molecule has 6 heteroatoms. The van der Waals surface area contributed by atoms with Crippen molar-refractivity contribution in [1.82, 2.24) is 9.80 Å². The lowest BCUT2D eigenvalue weighted by molar-refractivity contribution is 0.103. The van der Waals surface area contributed by atoms with Gasteiger partial charge in [-0.05, 0) is 17.7 Å². The lowest BCUT2D eigenvalue weighted by Gasteiger charge is -2.33. The lowest BCUT2D eigenvalue weighted by Crippen LogP contribution is -2.47. The molecule has 0 aliphatic carbocycles. The van der Waals surface area contributed by atoms with Gasteiger partial charge in [-0.25, -0.2) is 13.6 Å². The zero-order chi connectivity index (χ0) is 13.1. The molecule has 98 valence electrons. The van der Waals surface area contributed by atoms with Crippen LogP contribution in [0.5, 0.6) is 0 Å². The van der Waals surface area contributed by atoms with Crippen molar-refractivity contribution in [3.05, 3.63) is 35.4 Å². The molecule has 1 fully saturated rings. The molecule has 1 heterocycles. The Kier molecular flexibility index (Phi) is 3.76. The van der Waals surface area contributed by atoms with Gasteiger partial charge in [0, 0.05) is 32.7 Å². The molecule has 0 radical (unpaired) electrons. The highest BCUT2D eigenvalue weighted by Crippen LogP contribution is 2.12. The summed E-state index contributed by atoms with van der Waals surface area (Å²) < 4.78 is 25.8. The summed E-state index contributed by atoms with van der Waals surface area (Å²) in [5, 5.41) is 8.80. The number of benzene rings is 1. The van der Waals surface area contributed by atoms with E-state index in [1.807, 2.05) is 4.90 Å². The van der Waals surface area contributed by atoms with E-state index in [9.17, 15) is 13.6 Å². The standard InChI is InChI=1S/C12H14F2N2O2/c13-10-2-1-9(7-11(10)14)8-15-3-5-16(6-4-15)12(17)18/h1-2,7H,3-6,8H2,(H,17,18). The zero-order valence-corrected chi connectivity index (χ0v) is 9.77. The van der Waals surface area contributed by atoms with Crippen LogP contribution in [0.2, 0.25) is 0 Å². The van der Waals surface area contributed by atoms with E-state index in [1.165, 1.54) is 11.0 Å². The molecule has 1 N–H and O–H groups in total. The molecular weight excluding hydrogens is 242 g/mol. The van der Waals surface area contributed by atoms with Crippen LogP contribution in [-0.2, 0) is 6.54 Å². The topological polar surface area (TPSA) is 43.8 Å². The normalized spacial score (nSPS) is 16.9. The Morgan fingerprint density at radius 1 is 1.17 bits per heavy atom. The van der Waals surface area contributed by atoms with E-state index in [0.717, 1.165) is 6.07 Å². The van der Waals surface area contributed by atoms with Crippen molar-refractivity contribution in [2.45, 2.75) is 6.54 Å². The molecule has 2 rings (SSSR count). The molecule has 1 aliphatic heterocycles. The first-order chi connectivity index (χ1) is 8.56. The van der Waals surface area contributed by atoms with Crippen LogP contribution in [0, 0.1) is 11.6 Å². The highest BCUT2D eigenvalue weighted by molar-refractivity contribution is 5.65. The van der Waals surface area contributed by atoms with E-state index in [2.05, 4.69) is 0 Å². The van der Waals surface area contributed by atoms with Crippen LogP contribution in [0.1, 0.15) is 5.56 Å². The molecule has 1 saturated heterocycles. The van der Waals surface area contributed by atoms with E-state index in [0.29, 0.717) is 38.3 Å². The first-order valence-corrected chi connectivity index (χ1v) is 5.70. The molecule has 0 aromatic heterocycles. The third-order valence-corrected chi connectivity index (χ3v) is 3.03. The SMILES string of the molecule is O=C(O)N1CCN(Cc2ccc(F)c(F)c2)CC1. The van der Waals surface area contributed by atoms with E-state index in [1.54, 1.807) is 6.07 Å². The molecule has 18 heavy (non-hydrogen) atoms. The number of halogens is 2. The quantitative estimate of drug-likeness (QED) is 0.876. The Bertz CT molecular complexity index is 446. The molecule has 0 atom stereocenters. The van der Waals surface area contributed by atoms with Gasteiger partial charge in [0.2, 0.25) is 0 Å². The van der Waals surface area contributed by atoms with Crippen LogP contribution in [0.25, 0.3) is 0 Å². The third kappa shape index (κ3) is 2.95. The van der Waals surface area contributed by atoms with E-state index < -0.39 is 17.7 Å². The second kappa shape index (κ2) is 5.30. The number of carboxylic acid groups (broad SMARTS) is 1. The minimum atomic E-state index is -0.914. The molecule has 0 unspecified atom stereocenters. The Morgan fingerprint density at radius 3 is 2.39 bits per heavy atom. The minimum absolute atomic E-state index is 0.443. The van der Waals surface area contributed by atoms with Crippen molar-refractivity contribution in [1.29, 1.82) is 0 Å².